The molecule has 28 heavy (non-hydrogen) atoms. The van der Waals surface area contributed by atoms with Crippen molar-refractivity contribution in [3.8, 4) is 6.07 Å². The molecule has 0 aliphatic heterocycles. The number of nitriles is 1. The monoisotopic (exact) mass is 387 g/mol. The van der Waals surface area contributed by atoms with Gasteiger partial charge in [0.15, 0.2) is 0 Å². The molecule has 3 nitrogen and oxygen atoms in total. The number of hydrogen-bond donors (Lipinski definition) is 1. The first kappa shape index (κ1) is 19.1. The molecule has 1 aromatic heterocycles. The zero-order valence-corrected chi connectivity index (χ0v) is 17.7. The second-order valence-corrected chi connectivity index (χ2v) is 8.82. The van der Waals surface area contributed by atoms with Crippen LogP contribution in [0.25, 0.3) is 10.9 Å². The van der Waals surface area contributed by atoms with Gasteiger partial charge in [-0.2, -0.15) is 5.26 Å². The molecule has 0 amide bonds. The minimum absolute atomic E-state index is 0.155. The minimum atomic E-state index is -0.621. The molecule has 1 aliphatic carbocycles. The molecule has 1 aliphatic rings. The predicted octanol–water partition coefficient (Wildman–Crippen LogP) is 4.27. The average molecular weight is 387 g/mol. The van der Waals surface area contributed by atoms with Gasteiger partial charge in [0.1, 0.15) is 0 Å². The van der Waals surface area contributed by atoms with E-state index in [4.69, 9.17) is 10.7 Å². The highest BCUT2D eigenvalue weighted by atomic mass is 31.0. The lowest BCUT2D eigenvalue weighted by Crippen LogP contribution is -2.24. The van der Waals surface area contributed by atoms with E-state index < -0.39 is 5.41 Å². The van der Waals surface area contributed by atoms with Crippen LogP contribution >= 0.6 is 9.24 Å². The summed E-state index contributed by atoms with van der Waals surface area (Å²) in [6.45, 7) is 4.15. The summed E-state index contributed by atoms with van der Waals surface area (Å²) in [5.74, 6) is 0. The van der Waals surface area contributed by atoms with E-state index in [1.807, 2.05) is 6.92 Å². The quantitative estimate of drug-likeness (QED) is 0.665. The van der Waals surface area contributed by atoms with E-state index in [-0.39, 0.29) is 5.54 Å². The Kier molecular flexibility index (Phi) is 4.74. The number of fused-ring (bicyclic) bond motifs is 1. The van der Waals surface area contributed by atoms with E-state index >= 15 is 0 Å². The number of benzene rings is 2. The van der Waals surface area contributed by atoms with Gasteiger partial charge < -0.3 is 5.73 Å². The molecule has 142 valence electrons. The summed E-state index contributed by atoms with van der Waals surface area (Å²) in [6.07, 6.45) is 3.69. The van der Waals surface area contributed by atoms with Crippen LogP contribution in [-0.4, -0.2) is 4.98 Å². The molecular weight excluding hydrogens is 361 g/mol. The Morgan fingerprint density at radius 1 is 1.21 bits per heavy atom. The third-order valence-corrected chi connectivity index (χ3v) is 6.54. The Labute approximate surface area is 169 Å². The van der Waals surface area contributed by atoms with E-state index in [0.717, 1.165) is 46.7 Å². The van der Waals surface area contributed by atoms with Crippen LogP contribution in [0.3, 0.4) is 0 Å². The summed E-state index contributed by atoms with van der Waals surface area (Å²) >= 11 is 0. The van der Waals surface area contributed by atoms with Crippen molar-refractivity contribution >= 4 is 25.6 Å². The van der Waals surface area contributed by atoms with Crippen LogP contribution in [0.15, 0.2) is 48.5 Å². The lowest BCUT2D eigenvalue weighted by atomic mass is 9.78. The lowest BCUT2D eigenvalue weighted by molar-refractivity contribution is 0.605. The molecule has 1 fully saturated rings. The highest BCUT2D eigenvalue weighted by Gasteiger charge is 2.40. The fourth-order valence-corrected chi connectivity index (χ4v) is 4.31. The molecule has 0 radical (unpaired) electrons. The topological polar surface area (TPSA) is 62.7 Å². The molecule has 1 heterocycles. The van der Waals surface area contributed by atoms with E-state index in [1.165, 1.54) is 11.1 Å². The van der Waals surface area contributed by atoms with Gasteiger partial charge in [0.2, 0.25) is 0 Å². The molecule has 2 N–H and O–H groups in total. The molecule has 2 unspecified atom stereocenters. The van der Waals surface area contributed by atoms with Gasteiger partial charge in [-0.3, -0.25) is 0 Å². The Bertz CT molecular complexity index is 1090. The van der Waals surface area contributed by atoms with Crippen LogP contribution in [0.1, 0.15) is 48.9 Å². The summed E-state index contributed by atoms with van der Waals surface area (Å²) in [6, 6.07) is 19.4. The van der Waals surface area contributed by atoms with Crippen LogP contribution in [0.4, 0.5) is 0 Å². The number of hydrogen-bond acceptors (Lipinski definition) is 3. The van der Waals surface area contributed by atoms with Crippen molar-refractivity contribution in [3.63, 3.8) is 0 Å². The molecule has 2 atom stereocenters. The van der Waals surface area contributed by atoms with Gasteiger partial charge in [0.25, 0.3) is 0 Å². The standard InChI is InChI=1S/C24H26N3P/c1-3-17-12-18-7-8-19(13-21(18)27-22(17)28)23(2,15-25)14-16-5-4-6-20(11-16)24(26)9-10-24/h4-8,11-13H,3,9-10,14,26,28H2,1-2H3. The lowest BCUT2D eigenvalue weighted by Gasteiger charge is -2.23. The molecule has 4 heteroatoms. The first-order valence-corrected chi connectivity index (χ1v) is 10.4. The van der Waals surface area contributed by atoms with Gasteiger partial charge in [0.05, 0.1) is 22.4 Å². The number of pyridine rings is 1. The maximum atomic E-state index is 10.1. The van der Waals surface area contributed by atoms with Crippen LogP contribution in [-0.2, 0) is 23.8 Å². The van der Waals surface area contributed by atoms with Crippen molar-refractivity contribution in [1.29, 1.82) is 5.26 Å². The van der Waals surface area contributed by atoms with Gasteiger partial charge in [-0.05, 0) is 67.0 Å². The van der Waals surface area contributed by atoms with Crippen LogP contribution in [0.5, 0.6) is 0 Å². The summed E-state index contributed by atoms with van der Waals surface area (Å²) in [7, 11) is 2.73. The molecule has 0 spiro atoms. The van der Waals surface area contributed by atoms with Crippen molar-refractivity contribution in [2.24, 2.45) is 5.73 Å². The summed E-state index contributed by atoms with van der Waals surface area (Å²) in [5.41, 5.74) is 12.1. The average Bonchev–Trinajstić information content (AvgIpc) is 3.46. The Morgan fingerprint density at radius 2 is 2.00 bits per heavy atom. The Morgan fingerprint density at radius 3 is 2.68 bits per heavy atom. The molecule has 0 saturated heterocycles. The van der Waals surface area contributed by atoms with Crippen molar-refractivity contribution in [1.82, 2.24) is 4.98 Å². The molecule has 4 rings (SSSR count). The third-order valence-electron chi connectivity index (χ3n) is 6.04. The van der Waals surface area contributed by atoms with Crippen molar-refractivity contribution in [3.05, 3.63) is 70.8 Å². The summed E-state index contributed by atoms with van der Waals surface area (Å²) in [4.78, 5) is 4.75. The fraction of sp³-hybridized carbons (Fsp3) is 0.333. The van der Waals surface area contributed by atoms with Crippen LogP contribution in [0, 0.1) is 11.3 Å². The first-order chi connectivity index (χ1) is 13.4. The molecule has 1 saturated carbocycles. The van der Waals surface area contributed by atoms with E-state index in [2.05, 4.69) is 70.8 Å². The number of nitrogens with two attached hydrogens (primary N) is 1. The van der Waals surface area contributed by atoms with E-state index in [9.17, 15) is 5.26 Å². The zero-order valence-electron chi connectivity index (χ0n) is 16.5. The van der Waals surface area contributed by atoms with Crippen LogP contribution in [0.2, 0.25) is 0 Å². The number of aromatic nitrogens is 1. The van der Waals surface area contributed by atoms with Crippen molar-refractivity contribution in [2.75, 3.05) is 0 Å². The van der Waals surface area contributed by atoms with Crippen molar-refractivity contribution in [2.45, 2.75) is 50.5 Å². The van der Waals surface area contributed by atoms with Gasteiger partial charge in [0, 0.05) is 10.9 Å². The number of nitrogens with zero attached hydrogens (tertiary/aromatic N) is 2. The second-order valence-electron chi connectivity index (χ2n) is 8.27. The molecule has 3 aromatic rings. The summed E-state index contributed by atoms with van der Waals surface area (Å²) < 4.78 is 0. The predicted molar refractivity (Wildman–Crippen MR) is 119 cm³/mol. The SMILES string of the molecule is CCc1cc2ccc(C(C)(C#N)Cc3cccc(C4(N)CC4)c3)cc2nc1P. The van der Waals surface area contributed by atoms with E-state index in [1.54, 1.807) is 0 Å². The maximum absolute atomic E-state index is 10.1. The fourth-order valence-electron chi connectivity index (χ4n) is 3.88. The van der Waals surface area contributed by atoms with Crippen molar-refractivity contribution < 1.29 is 0 Å². The number of aryl methyl sites for hydroxylation is 1. The van der Waals surface area contributed by atoms with Gasteiger partial charge in [-0.15, -0.1) is 0 Å². The van der Waals surface area contributed by atoms with E-state index in [0.29, 0.717) is 6.42 Å². The molecule has 2 aromatic carbocycles. The molecular formula is C24H26N3P. The third kappa shape index (κ3) is 3.44. The first-order valence-electron chi connectivity index (χ1n) is 9.86. The van der Waals surface area contributed by atoms with Gasteiger partial charge in [-0.1, -0.05) is 52.6 Å². The zero-order chi connectivity index (χ0) is 19.9. The highest BCUT2D eigenvalue weighted by Crippen LogP contribution is 2.43. The molecule has 0 bridgehead atoms. The smallest absolute Gasteiger partial charge is 0.0835 e. The Balaban J connectivity index is 1.70. The second kappa shape index (κ2) is 6.96. The minimum Gasteiger partial charge on any atom is -0.321 e. The van der Waals surface area contributed by atoms with Gasteiger partial charge >= 0.3 is 0 Å². The number of rotatable bonds is 5. The Hall–Kier alpha value is -2.27. The maximum Gasteiger partial charge on any atom is 0.0835 e. The highest BCUT2D eigenvalue weighted by molar-refractivity contribution is 7.27. The van der Waals surface area contributed by atoms with Crippen LogP contribution < -0.4 is 11.2 Å². The summed E-state index contributed by atoms with van der Waals surface area (Å²) in [5, 5.41) is 11.2. The van der Waals surface area contributed by atoms with Gasteiger partial charge in [-0.25, -0.2) is 4.98 Å². The largest absolute Gasteiger partial charge is 0.321 e. The normalized spacial score (nSPS) is 17.1.